The summed E-state index contributed by atoms with van der Waals surface area (Å²) in [5.41, 5.74) is 0. The maximum atomic E-state index is 12.9. The Hall–Kier alpha value is -2.89. The topological polar surface area (TPSA) is 78.9 Å². The van der Waals surface area contributed by atoms with Gasteiger partial charge in [-0.15, -0.1) is 0 Å². The third-order valence-electron chi connectivity index (χ3n) is 13.5. The predicted octanol–water partition coefficient (Wildman–Crippen LogP) is 20.8. The first kappa shape index (κ1) is 68.1. The average Bonchev–Trinajstić information content (AvgIpc) is 3.37. The van der Waals surface area contributed by atoms with Gasteiger partial charge in [-0.05, 0) is 57.8 Å². The van der Waals surface area contributed by atoms with Crippen molar-refractivity contribution in [3.8, 4) is 0 Å². The molecule has 0 heterocycles. The lowest BCUT2D eigenvalue weighted by Gasteiger charge is -2.18. The molecule has 0 fully saturated rings. The summed E-state index contributed by atoms with van der Waals surface area (Å²) in [6, 6.07) is 0. The zero-order valence-corrected chi connectivity index (χ0v) is 47.2. The molecule has 0 aromatic heterocycles. The summed E-state index contributed by atoms with van der Waals surface area (Å²) in [5, 5.41) is 0. The summed E-state index contributed by atoms with van der Waals surface area (Å²) in [4.78, 5) is 38.2. The molecule has 1 atom stereocenters. The van der Waals surface area contributed by atoms with E-state index in [-0.39, 0.29) is 37.5 Å². The van der Waals surface area contributed by atoms with Crippen LogP contribution in [-0.4, -0.2) is 37.2 Å². The standard InChI is InChI=1S/C65H116O6/c1-4-7-10-13-16-19-22-25-28-31-32-35-37-40-43-46-49-52-55-58-64(67)70-61-62(71-65(68)59-56-53-50-47-44-41-38-34-30-27-24-21-18-15-12-9-6-3)60-69-63(66)57-54-51-48-45-42-39-36-33-29-26-23-20-17-14-11-8-5-2/h9,12,18,21,27,30,38,41,47,50,62H,4-8,10-11,13-17,19-20,22-26,28-29,31-37,39-40,42-46,48-49,51-61H2,1-3H3/b12-9+,21-18+,30-27+,41-38+,50-47+/t62-/m1/s1. The molecule has 412 valence electrons. The highest BCUT2D eigenvalue weighted by atomic mass is 16.6. The van der Waals surface area contributed by atoms with Crippen molar-refractivity contribution < 1.29 is 28.6 Å². The van der Waals surface area contributed by atoms with E-state index < -0.39 is 6.10 Å². The highest BCUT2D eigenvalue weighted by molar-refractivity contribution is 5.71. The van der Waals surface area contributed by atoms with Crippen molar-refractivity contribution in [2.45, 2.75) is 322 Å². The van der Waals surface area contributed by atoms with Crippen LogP contribution in [0.3, 0.4) is 0 Å². The van der Waals surface area contributed by atoms with Crippen LogP contribution in [0.15, 0.2) is 60.8 Å². The van der Waals surface area contributed by atoms with Gasteiger partial charge in [0.05, 0.1) is 0 Å². The van der Waals surface area contributed by atoms with Gasteiger partial charge in [0.25, 0.3) is 0 Å². The van der Waals surface area contributed by atoms with Crippen LogP contribution in [0, 0.1) is 0 Å². The molecule has 0 saturated heterocycles. The van der Waals surface area contributed by atoms with E-state index in [0.717, 1.165) is 77.0 Å². The Morgan fingerprint density at radius 2 is 0.549 bits per heavy atom. The van der Waals surface area contributed by atoms with Crippen LogP contribution in [0.5, 0.6) is 0 Å². The van der Waals surface area contributed by atoms with E-state index in [4.69, 9.17) is 14.2 Å². The highest BCUT2D eigenvalue weighted by Crippen LogP contribution is 2.17. The number of ether oxygens (including phenoxy) is 3. The van der Waals surface area contributed by atoms with Crippen molar-refractivity contribution in [2.24, 2.45) is 0 Å². The Bertz CT molecular complexity index is 1280. The Balaban J connectivity index is 4.40. The first-order chi connectivity index (χ1) is 35.0. The van der Waals surface area contributed by atoms with Gasteiger partial charge >= 0.3 is 17.9 Å². The van der Waals surface area contributed by atoms with Gasteiger partial charge in [-0.1, -0.05) is 300 Å². The molecule has 0 radical (unpaired) electrons. The Kier molecular flexibility index (Phi) is 57.2. The van der Waals surface area contributed by atoms with Gasteiger partial charge in [0.2, 0.25) is 0 Å². The molecule has 0 aromatic carbocycles. The molecular formula is C65H116O6. The van der Waals surface area contributed by atoms with Gasteiger partial charge in [0.15, 0.2) is 6.10 Å². The van der Waals surface area contributed by atoms with Crippen LogP contribution in [0.2, 0.25) is 0 Å². The smallest absolute Gasteiger partial charge is 0.306 e. The van der Waals surface area contributed by atoms with Crippen molar-refractivity contribution in [2.75, 3.05) is 13.2 Å². The summed E-state index contributed by atoms with van der Waals surface area (Å²) < 4.78 is 16.9. The second kappa shape index (κ2) is 59.7. The van der Waals surface area contributed by atoms with E-state index in [0.29, 0.717) is 19.3 Å². The van der Waals surface area contributed by atoms with Crippen LogP contribution >= 0.6 is 0 Å². The quantitative estimate of drug-likeness (QED) is 0.0261. The lowest BCUT2D eigenvalue weighted by Crippen LogP contribution is -2.30. The van der Waals surface area contributed by atoms with Crippen LogP contribution in [0.4, 0.5) is 0 Å². The van der Waals surface area contributed by atoms with Crippen molar-refractivity contribution >= 4 is 17.9 Å². The van der Waals surface area contributed by atoms with Crippen molar-refractivity contribution in [3.63, 3.8) is 0 Å². The molecule has 6 nitrogen and oxygen atoms in total. The van der Waals surface area contributed by atoms with Crippen molar-refractivity contribution in [1.82, 2.24) is 0 Å². The number of hydrogen-bond acceptors (Lipinski definition) is 6. The summed E-state index contributed by atoms with van der Waals surface area (Å²) in [7, 11) is 0. The van der Waals surface area contributed by atoms with Crippen molar-refractivity contribution in [1.29, 1.82) is 0 Å². The minimum Gasteiger partial charge on any atom is -0.462 e. The van der Waals surface area contributed by atoms with Gasteiger partial charge in [0.1, 0.15) is 13.2 Å². The van der Waals surface area contributed by atoms with Crippen LogP contribution < -0.4 is 0 Å². The monoisotopic (exact) mass is 993 g/mol. The second-order valence-electron chi connectivity index (χ2n) is 20.6. The number of allylic oxidation sites excluding steroid dienone is 10. The number of carbonyl (C=O) groups is 3. The molecule has 0 aliphatic rings. The van der Waals surface area contributed by atoms with Crippen molar-refractivity contribution in [3.05, 3.63) is 60.8 Å². The summed E-state index contributed by atoms with van der Waals surface area (Å²) in [6.45, 7) is 6.53. The number of unbranched alkanes of at least 4 members (excludes halogenated alkanes) is 35. The van der Waals surface area contributed by atoms with E-state index >= 15 is 0 Å². The molecule has 6 heteroatoms. The predicted molar refractivity (Wildman–Crippen MR) is 307 cm³/mol. The average molecular weight is 994 g/mol. The maximum Gasteiger partial charge on any atom is 0.306 e. The Morgan fingerprint density at radius 1 is 0.296 bits per heavy atom. The lowest BCUT2D eigenvalue weighted by atomic mass is 10.0. The van der Waals surface area contributed by atoms with Crippen LogP contribution in [0.1, 0.15) is 316 Å². The third kappa shape index (κ3) is 57.9. The Morgan fingerprint density at radius 3 is 0.845 bits per heavy atom. The van der Waals surface area contributed by atoms with E-state index in [1.807, 2.05) is 0 Å². The van der Waals surface area contributed by atoms with Crippen LogP contribution in [0.25, 0.3) is 0 Å². The molecule has 0 aliphatic heterocycles. The first-order valence-electron chi connectivity index (χ1n) is 30.8. The largest absolute Gasteiger partial charge is 0.462 e. The van der Waals surface area contributed by atoms with E-state index in [9.17, 15) is 14.4 Å². The van der Waals surface area contributed by atoms with E-state index in [2.05, 4.69) is 81.5 Å². The molecule has 71 heavy (non-hydrogen) atoms. The fourth-order valence-electron chi connectivity index (χ4n) is 8.95. The highest BCUT2D eigenvalue weighted by Gasteiger charge is 2.19. The summed E-state index contributed by atoms with van der Waals surface area (Å²) >= 11 is 0. The molecule has 0 aromatic rings. The molecule has 0 N–H and O–H groups in total. The van der Waals surface area contributed by atoms with Gasteiger partial charge in [-0.3, -0.25) is 14.4 Å². The molecule has 0 unspecified atom stereocenters. The molecule has 0 aliphatic carbocycles. The SMILES string of the molecule is CC/C=C/C/C=C/C/C=C/C/C=C/C/C=C/CCCC(=O)O[C@H](COC(=O)CCCCCCCCCCCCCCCCCCC)COC(=O)CCCCCCCCCCCCCCCCCCCCC. The van der Waals surface area contributed by atoms with Gasteiger partial charge in [-0.25, -0.2) is 0 Å². The number of hydrogen-bond donors (Lipinski definition) is 0. The normalized spacial score (nSPS) is 12.4. The van der Waals surface area contributed by atoms with Gasteiger partial charge < -0.3 is 14.2 Å². The van der Waals surface area contributed by atoms with Gasteiger partial charge in [-0.2, -0.15) is 0 Å². The third-order valence-corrected chi connectivity index (χ3v) is 13.5. The minimum absolute atomic E-state index is 0.0924. The summed E-state index contributed by atoms with van der Waals surface area (Å²) in [6.07, 6.45) is 75.1. The van der Waals surface area contributed by atoms with E-state index in [1.165, 1.54) is 193 Å². The molecule has 0 bridgehead atoms. The van der Waals surface area contributed by atoms with Crippen LogP contribution in [-0.2, 0) is 28.6 Å². The molecule has 0 spiro atoms. The number of esters is 3. The zero-order chi connectivity index (χ0) is 51.4. The minimum atomic E-state index is -0.801. The fraction of sp³-hybridized carbons (Fsp3) is 0.800. The number of rotatable bonds is 56. The molecule has 0 amide bonds. The fourth-order valence-corrected chi connectivity index (χ4v) is 8.95. The molecule has 0 rings (SSSR count). The maximum absolute atomic E-state index is 12.9. The molecular weight excluding hydrogens is 877 g/mol. The second-order valence-corrected chi connectivity index (χ2v) is 20.6. The van der Waals surface area contributed by atoms with E-state index in [1.54, 1.807) is 0 Å². The number of carbonyl (C=O) groups excluding carboxylic acids is 3. The summed E-state index contributed by atoms with van der Waals surface area (Å²) in [5.74, 6) is -0.932. The molecule has 0 saturated carbocycles. The van der Waals surface area contributed by atoms with Gasteiger partial charge in [0, 0.05) is 19.3 Å². The lowest BCUT2D eigenvalue weighted by molar-refractivity contribution is -0.167. The Labute approximate surface area is 440 Å². The zero-order valence-electron chi connectivity index (χ0n) is 47.2. The first-order valence-corrected chi connectivity index (χ1v) is 30.8.